The molecule has 0 atom stereocenters. The maximum Gasteiger partial charge on any atom is 0.257 e. The average Bonchev–Trinajstić information content (AvgIpc) is 2.58. The van der Waals surface area contributed by atoms with Crippen LogP contribution < -0.4 is 21.3 Å². The number of hydrogen-bond acceptors (Lipinski definition) is 4. The Bertz CT molecular complexity index is 895. The Labute approximate surface area is 168 Å². The normalized spacial score (nSPS) is 9.89. The first-order valence-corrected chi connectivity index (χ1v) is 8.94. The van der Waals surface area contributed by atoms with Gasteiger partial charge in [0.25, 0.3) is 5.91 Å². The number of rotatable bonds is 3. The molecule has 2 amide bonds. The summed E-state index contributed by atoms with van der Waals surface area (Å²) in [5.41, 5.74) is 4.13. The summed E-state index contributed by atoms with van der Waals surface area (Å²) in [5, 5.41) is 11.4. The van der Waals surface area contributed by atoms with E-state index >= 15 is 0 Å². The van der Waals surface area contributed by atoms with Gasteiger partial charge in [-0.25, -0.2) is 0 Å². The molecule has 27 heavy (non-hydrogen) atoms. The Morgan fingerprint density at radius 1 is 0.778 bits per heavy atom. The number of amides is 2. The highest BCUT2D eigenvalue weighted by Crippen LogP contribution is 2.14. The zero-order valence-electron chi connectivity index (χ0n) is 15.2. The minimum absolute atomic E-state index is 0.202. The van der Waals surface area contributed by atoms with Crippen molar-refractivity contribution in [3.05, 3.63) is 59.2 Å². The lowest BCUT2D eigenvalue weighted by Gasteiger charge is -2.12. The molecule has 2 aromatic rings. The number of thiocarbonyl (C=S) groups is 2. The second kappa shape index (κ2) is 9.20. The molecule has 2 rings (SSSR count). The van der Waals surface area contributed by atoms with E-state index in [9.17, 15) is 9.59 Å². The zero-order valence-corrected chi connectivity index (χ0v) is 16.8. The van der Waals surface area contributed by atoms with E-state index in [0.717, 1.165) is 11.1 Å². The van der Waals surface area contributed by atoms with Crippen LogP contribution >= 0.6 is 24.4 Å². The molecule has 4 N–H and O–H groups in total. The molecule has 0 saturated heterocycles. The van der Waals surface area contributed by atoms with Crippen molar-refractivity contribution in [3.8, 4) is 0 Å². The Morgan fingerprint density at radius 2 is 1.30 bits per heavy atom. The maximum atomic E-state index is 12.3. The molecule has 0 unspecified atom stereocenters. The van der Waals surface area contributed by atoms with Crippen LogP contribution in [0.3, 0.4) is 0 Å². The highest BCUT2D eigenvalue weighted by molar-refractivity contribution is 7.80. The summed E-state index contributed by atoms with van der Waals surface area (Å²) < 4.78 is 0. The number of benzene rings is 2. The lowest BCUT2D eigenvalue weighted by Crippen LogP contribution is -2.34. The van der Waals surface area contributed by atoms with Gasteiger partial charge in [0.05, 0.1) is 0 Å². The molecule has 0 aliphatic carbocycles. The fourth-order valence-electron chi connectivity index (χ4n) is 2.18. The van der Waals surface area contributed by atoms with Crippen LogP contribution in [0, 0.1) is 13.8 Å². The molecule has 0 aliphatic rings. The lowest BCUT2D eigenvalue weighted by molar-refractivity contribution is -0.117. The topological polar surface area (TPSA) is 82.3 Å². The Hall–Kier alpha value is -2.84. The van der Waals surface area contributed by atoms with Gasteiger partial charge in [-0.3, -0.25) is 14.9 Å². The third kappa shape index (κ3) is 6.43. The van der Waals surface area contributed by atoms with E-state index in [1.165, 1.54) is 6.92 Å². The van der Waals surface area contributed by atoms with Gasteiger partial charge in [-0.2, -0.15) is 0 Å². The number of aryl methyl sites for hydroxylation is 2. The summed E-state index contributed by atoms with van der Waals surface area (Å²) in [6, 6.07) is 12.6. The van der Waals surface area contributed by atoms with E-state index in [2.05, 4.69) is 21.3 Å². The number of anilines is 2. The molecule has 0 aliphatic heterocycles. The summed E-state index contributed by atoms with van der Waals surface area (Å²) in [7, 11) is 0. The van der Waals surface area contributed by atoms with Gasteiger partial charge in [-0.1, -0.05) is 6.07 Å². The largest absolute Gasteiger partial charge is 0.332 e. The van der Waals surface area contributed by atoms with Crippen LogP contribution in [0.15, 0.2) is 42.5 Å². The van der Waals surface area contributed by atoms with E-state index in [-0.39, 0.29) is 22.0 Å². The predicted molar refractivity (Wildman–Crippen MR) is 116 cm³/mol. The molecular weight excluding hydrogens is 380 g/mol. The minimum atomic E-state index is -0.269. The maximum absolute atomic E-state index is 12.3. The molecular formula is C19H20N4O2S2. The molecule has 0 fully saturated rings. The quantitative estimate of drug-likeness (QED) is 0.592. The Balaban J connectivity index is 1.91. The second-order valence-corrected chi connectivity index (χ2v) is 6.74. The van der Waals surface area contributed by atoms with Crippen LogP contribution in [0.4, 0.5) is 11.4 Å². The predicted octanol–water partition coefficient (Wildman–Crippen LogP) is 3.26. The second-order valence-electron chi connectivity index (χ2n) is 5.92. The van der Waals surface area contributed by atoms with Gasteiger partial charge in [0.2, 0.25) is 5.91 Å². The van der Waals surface area contributed by atoms with Gasteiger partial charge in [0.1, 0.15) is 0 Å². The Kier molecular flexibility index (Phi) is 6.98. The van der Waals surface area contributed by atoms with Crippen LogP contribution in [0.5, 0.6) is 0 Å². The first kappa shape index (κ1) is 20.5. The molecule has 0 heterocycles. The highest BCUT2D eigenvalue weighted by Gasteiger charge is 2.09. The van der Waals surface area contributed by atoms with Crippen molar-refractivity contribution in [2.45, 2.75) is 20.8 Å². The molecule has 0 bridgehead atoms. The standard InChI is InChI=1S/C19H20N4O2S2/c1-11-4-5-14(10-12(11)2)17(25)23-19(27)22-16-8-6-15(7-9-16)21-18(26)20-13(3)24/h4-10H,1-3H3,(H2,20,21,24,26)(H2,22,23,25,27). The lowest BCUT2D eigenvalue weighted by atomic mass is 10.1. The van der Waals surface area contributed by atoms with Crippen molar-refractivity contribution in [3.63, 3.8) is 0 Å². The summed E-state index contributed by atoms with van der Waals surface area (Å²) in [6.45, 7) is 5.33. The van der Waals surface area contributed by atoms with E-state index in [1.54, 1.807) is 30.3 Å². The number of carbonyl (C=O) groups is 2. The fourth-order valence-corrected chi connectivity index (χ4v) is 2.65. The van der Waals surface area contributed by atoms with Gasteiger partial charge < -0.3 is 16.0 Å². The van der Waals surface area contributed by atoms with Crippen LogP contribution in [0.25, 0.3) is 0 Å². The smallest absolute Gasteiger partial charge is 0.257 e. The van der Waals surface area contributed by atoms with Crippen molar-refractivity contribution in [1.82, 2.24) is 10.6 Å². The molecule has 0 aromatic heterocycles. The summed E-state index contributed by atoms with van der Waals surface area (Å²) in [5.74, 6) is -0.509. The van der Waals surface area contributed by atoms with Gasteiger partial charge in [0, 0.05) is 23.9 Å². The Morgan fingerprint density at radius 3 is 1.78 bits per heavy atom. The average molecular weight is 401 g/mol. The van der Waals surface area contributed by atoms with E-state index in [0.29, 0.717) is 16.9 Å². The molecule has 8 heteroatoms. The van der Waals surface area contributed by atoms with Crippen molar-refractivity contribution >= 4 is 57.8 Å². The third-order valence-corrected chi connectivity index (χ3v) is 4.09. The van der Waals surface area contributed by atoms with Crippen LogP contribution in [-0.4, -0.2) is 22.0 Å². The monoisotopic (exact) mass is 400 g/mol. The highest BCUT2D eigenvalue weighted by atomic mass is 32.1. The molecule has 0 saturated carbocycles. The minimum Gasteiger partial charge on any atom is -0.332 e. The van der Waals surface area contributed by atoms with Crippen LogP contribution in [0.2, 0.25) is 0 Å². The third-order valence-electron chi connectivity index (χ3n) is 3.69. The fraction of sp³-hybridized carbons (Fsp3) is 0.158. The zero-order chi connectivity index (χ0) is 20.0. The molecule has 140 valence electrons. The van der Waals surface area contributed by atoms with Crippen molar-refractivity contribution in [2.24, 2.45) is 0 Å². The summed E-state index contributed by atoms with van der Waals surface area (Å²) in [4.78, 5) is 23.2. The van der Waals surface area contributed by atoms with Crippen molar-refractivity contribution in [1.29, 1.82) is 0 Å². The van der Waals surface area contributed by atoms with Crippen LogP contribution in [-0.2, 0) is 4.79 Å². The first-order valence-electron chi connectivity index (χ1n) is 8.13. The molecule has 2 aromatic carbocycles. The van der Waals surface area contributed by atoms with Crippen LogP contribution in [0.1, 0.15) is 28.4 Å². The molecule has 0 spiro atoms. The van der Waals surface area contributed by atoms with E-state index in [1.807, 2.05) is 26.0 Å². The molecule has 6 nitrogen and oxygen atoms in total. The summed E-state index contributed by atoms with van der Waals surface area (Å²) in [6.07, 6.45) is 0. The first-order chi connectivity index (χ1) is 12.7. The van der Waals surface area contributed by atoms with Gasteiger partial charge >= 0.3 is 0 Å². The van der Waals surface area contributed by atoms with Gasteiger partial charge in [-0.15, -0.1) is 0 Å². The summed E-state index contributed by atoms with van der Waals surface area (Å²) >= 11 is 10.2. The van der Waals surface area contributed by atoms with Gasteiger partial charge in [-0.05, 0) is 85.8 Å². The van der Waals surface area contributed by atoms with Gasteiger partial charge in [0.15, 0.2) is 10.2 Å². The SMILES string of the molecule is CC(=O)NC(=S)Nc1ccc(NC(=S)NC(=O)c2ccc(C)c(C)c2)cc1. The number of hydrogen-bond donors (Lipinski definition) is 4. The van der Waals surface area contributed by atoms with E-state index in [4.69, 9.17) is 24.4 Å². The number of nitrogens with one attached hydrogen (secondary N) is 4. The van der Waals surface area contributed by atoms with Crippen molar-refractivity contribution < 1.29 is 9.59 Å². The van der Waals surface area contributed by atoms with Crippen molar-refractivity contribution in [2.75, 3.05) is 10.6 Å². The van der Waals surface area contributed by atoms with E-state index < -0.39 is 0 Å². The number of carbonyl (C=O) groups excluding carboxylic acids is 2. The molecule has 0 radical (unpaired) electrons.